The molecule has 0 spiro atoms. The number of aromatic hydroxyl groups is 1. The Balaban J connectivity index is 2.42. The topological polar surface area (TPSA) is 122 Å². The van der Waals surface area contributed by atoms with Crippen LogP contribution in [0.15, 0.2) is 35.7 Å². The SMILES string of the molecule is Cn1cnc(S(=O)(=O)Nc2ccc(O)cc2C(=O)O)c1. The van der Waals surface area contributed by atoms with Crippen molar-refractivity contribution in [1.29, 1.82) is 0 Å². The summed E-state index contributed by atoms with van der Waals surface area (Å²) < 4.78 is 27.6. The molecule has 0 aliphatic rings. The second kappa shape index (κ2) is 4.85. The molecule has 0 amide bonds. The molecular formula is C11H11N3O5S. The number of carboxylic acid groups (broad SMARTS) is 1. The van der Waals surface area contributed by atoms with Crippen molar-refractivity contribution < 1.29 is 23.4 Å². The Hall–Kier alpha value is -2.55. The first-order valence-electron chi connectivity index (χ1n) is 5.37. The first-order valence-corrected chi connectivity index (χ1v) is 6.85. The number of carbonyl (C=O) groups is 1. The number of nitrogens with zero attached hydrogens (tertiary/aromatic N) is 2. The summed E-state index contributed by atoms with van der Waals surface area (Å²) >= 11 is 0. The lowest BCUT2D eigenvalue weighted by molar-refractivity contribution is 0.0697. The third kappa shape index (κ3) is 2.72. The molecule has 0 saturated heterocycles. The molecular weight excluding hydrogens is 286 g/mol. The van der Waals surface area contributed by atoms with E-state index in [0.717, 1.165) is 6.07 Å². The van der Waals surface area contributed by atoms with Crippen LogP contribution in [0.4, 0.5) is 5.69 Å². The number of sulfonamides is 1. The highest BCUT2D eigenvalue weighted by Gasteiger charge is 2.20. The van der Waals surface area contributed by atoms with Gasteiger partial charge in [0.15, 0.2) is 5.03 Å². The molecule has 0 fully saturated rings. The predicted molar refractivity (Wildman–Crippen MR) is 69.1 cm³/mol. The number of anilines is 1. The number of rotatable bonds is 4. The van der Waals surface area contributed by atoms with Crippen molar-refractivity contribution in [2.75, 3.05) is 4.72 Å². The number of hydrogen-bond acceptors (Lipinski definition) is 5. The van der Waals surface area contributed by atoms with E-state index in [1.54, 1.807) is 7.05 Å². The summed E-state index contributed by atoms with van der Waals surface area (Å²) in [5, 5.41) is 18.0. The molecule has 1 aromatic carbocycles. The number of aryl methyl sites for hydroxylation is 1. The summed E-state index contributed by atoms with van der Waals surface area (Å²) in [6.07, 6.45) is 2.59. The molecule has 2 aromatic rings. The van der Waals surface area contributed by atoms with Crippen LogP contribution in [0.2, 0.25) is 0 Å². The maximum atomic E-state index is 12.0. The highest BCUT2D eigenvalue weighted by Crippen LogP contribution is 2.23. The molecule has 1 heterocycles. The largest absolute Gasteiger partial charge is 0.508 e. The molecule has 1 aromatic heterocycles. The molecule has 2 rings (SSSR count). The van der Waals surface area contributed by atoms with Gasteiger partial charge in [-0.2, -0.15) is 8.42 Å². The van der Waals surface area contributed by atoms with Gasteiger partial charge in [0, 0.05) is 13.2 Å². The maximum Gasteiger partial charge on any atom is 0.337 e. The summed E-state index contributed by atoms with van der Waals surface area (Å²) in [5.74, 6) is -1.64. The molecule has 0 aliphatic heterocycles. The van der Waals surface area contributed by atoms with E-state index >= 15 is 0 Å². The quantitative estimate of drug-likeness (QED) is 0.711. The van der Waals surface area contributed by atoms with Gasteiger partial charge in [-0.05, 0) is 18.2 Å². The summed E-state index contributed by atoms with van der Waals surface area (Å²) in [6, 6.07) is 3.31. The van der Waals surface area contributed by atoms with Gasteiger partial charge < -0.3 is 14.8 Å². The van der Waals surface area contributed by atoms with Crippen LogP contribution < -0.4 is 4.72 Å². The van der Waals surface area contributed by atoms with E-state index in [0.29, 0.717) is 0 Å². The minimum absolute atomic E-state index is 0.152. The highest BCUT2D eigenvalue weighted by molar-refractivity contribution is 7.92. The van der Waals surface area contributed by atoms with Crippen molar-refractivity contribution in [2.24, 2.45) is 7.05 Å². The van der Waals surface area contributed by atoms with Crippen molar-refractivity contribution in [3.8, 4) is 5.75 Å². The monoisotopic (exact) mass is 297 g/mol. The van der Waals surface area contributed by atoms with E-state index in [4.69, 9.17) is 5.11 Å². The zero-order chi connectivity index (χ0) is 14.9. The highest BCUT2D eigenvalue weighted by atomic mass is 32.2. The minimum Gasteiger partial charge on any atom is -0.508 e. The zero-order valence-corrected chi connectivity index (χ0v) is 11.1. The lowest BCUT2D eigenvalue weighted by Crippen LogP contribution is -2.16. The van der Waals surface area contributed by atoms with E-state index in [-0.39, 0.29) is 22.0 Å². The maximum absolute atomic E-state index is 12.0. The van der Waals surface area contributed by atoms with Crippen molar-refractivity contribution in [3.05, 3.63) is 36.3 Å². The Morgan fingerprint density at radius 1 is 1.40 bits per heavy atom. The Labute approximate surface area is 114 Å². The summed E-state index contributed by atoms with van der Waals surface area (Å²) in [6.45, 7) is 0. The average Bonchev–Trinajstić information content (AvgIpc) is 2.78. The van der Waals surface area contributed by atoms with Gasteiger partial charge in [0.1, 0.15) is 5.75 Å². The average molecular weight is 297 g/mol. The fraction of sp³-hybridized carbons (Fsp3) is 0.0909. The standard InChI is InChI=1S/C11H11N3O5S/c1-14-5-10(12-6-14)20(18,19)13-9-3-2-7(15)4-8(9)11(16)17/h2-6,13,15H,1H3,(H,16,17). The summed E-state index contributed by atoms with van der Waals surface area (Å²) in [7, 11) is -2.38. The Morgan fingerprint density at radius 2 is 2.10 bits per heavy atom. The number of imidazole rings is 1. The number of aromatic carboxylic acids is 1. The first-order chi connectivity index (χ1) is 9.29. The molecule has 8 nitrogen and oxygen atoms in total. The van der Waals surface area contributed by atoms with Crippen LogP contribution in [0, 0.1) is 0 Å². The summed E-state index contributed by atoms with van der Waals surface area (Å²) in [5.41, 5.74) is -0.509. The van der Waals surface area contributed by atoms with Crippen molar-refractivity contribution in [1.82, 2.24) is 9.55 Å². The van der Waals surface area contributed by atoms with Gasteiger partial charge in [0.05, 0.1) is 17.6 Å². The number of carboxylic acids is 1. The van der Waals surface area contributed by atoms with E-state index in [9.17, 15) is 18.3 Å². The van der Waals surface area contributed by atoms with Gasteiger partial charge in [-0.3, -0.25) is 4.72 Å². The third-order valence-electron chi connectivity index (χ3n) is 2.43. The van der Waals surface area contributed by atoms with Crippen LogP contribution in [-0.2, 0) is 17.1 Å². The van der Waals surface area contributed by atoms with Gasteiger partial charge in [-0.1, -0.05) is 0 Å². The second-order valence-corrected chi connectivity index (χ2v) is 5.65. The van der Waals surface area contributed by atoms with Crippen LogP contribution in [0.3, 0.4) is 0 Å². The van der Waals surface area contributed by atoms with Crippen LogP contribution in [0.25, 0.3) is 0 Å². The van der Waals surface area contributed by atoms with Crippen LogP contribution in [0.5, 0.6) is 5.75 Å². The fourth-order valence-electron chi connectivity index (χ4n) is 1.52. The van der Waals surface area contributed by atoms with E-state index in [1.165, 1.54) is 29.2 Å². The number of benzene rings is 1. The number of phenols is 1. The number of aromatic nitrogens is 2. The minimum atomic E-state index is -3.99. The third-order valence-corrected chi connectivity index (χ3v) is 3.68. The number of nitrogens with one attached hydrogen (secondary N) is 1. The Morgan fingerprint density at radius 3 is 2.65 bits per heavy atom. The van der Waals surface area contributed by atoms with Gasteiger partial charge >= 0.3 is 5.97 Å². The molecule has 3 N–H and O–H groups in total. The van der Waals surface area contributed by atoms with E-state index < -0.39 is 16.0 Å². The van der Waals surface area contributed by atoms with Crippen LogP contribution >= 0.6 is 0 Å². The first kappa shape index (κ1) is 13.9. The molecule has 20 heavy (non-hydrogen) atoms. The van der Waals surface area contributed by atoms with Gasteiger partial charge in [0.2, 0.25) is 0 Å². The van der Waals surface area contributed by atoms with E-state index in [2.05, 4.69) is 9.71 Å². The van der Waals surface area contributed by atoms with Gasteiger partial charge in [-0.25, -0.2) is 9.78 Å². The zero-order valence-electron chi connectivity index (χ0n) is 10.3. The number of hydrogen-bond donors (Lipinski definition) is 3. The number of phenolic OH excluding ortho intramolecular Hbond substituents is 1. The smallest absolute Gasteiger partial charge is 0.337 e. The van der Waals surface area contributed by atoms with Gasteiger partial charge in [0.25, 0.3) is 10.0 Å². The molecule has 0 bridgehead atoms. The fourth-order valence-corrected chi connectivity index (χ4v) is 2.59. The lowest BCUT2D eigenvalue weighted by atomic mass is 10.2. The van der Waals surface area contributed by atoms with Crippen LogP contribution in [-0.4, -0.2) is 34.2 Å². The van der Waals surface area contributed by atoms with Crippen molar-refractivity contribution in [2.45, 2.75) is 5.03 Å². The van der Waals surface area contributed by atoms with E-state index in [1.807, 2.05) is 0 Å². The molecule has 9 heteroatoms. The Kier molecular flexibility index (Phi) is 3.36. The second-order valence-electron chi connectivity index (χ2n) is 4.02. The molecule has 0 saturated carbocycles. The lowest BCUT2D eigenvalue weighted by Gasteiger charge is -2.09. The Bertz CT molecular complexity index is 766. The molecule has 0 unspecified atom stereocenters. The predicted octanol–water partition coefficient (Wildman–Crippen LogP) is 0.625. The van der Waals surface area contributed by atoms with Crippen molar-refractivity contribution >= 4 is 21.7 Å². The van der Waals surface area contributed by atoms with Crippen molar-refractivity contribution in [3.63, 3.8) is 0 Å². The van der Waals surface area contributed by atoms with Gasteiger partial charge in [-0.15, -0.1) is 0 Å². The molecule has 0 aliphatic carbocycles. The summed E-state index contributed by atoms with van der Waals surface area (Å²) in [4.78, 5) is 14.7. The molecule has 0 atom stereocenters. The molecule has 106 valence electrons. The normalized spacial score (nSPS) is 11.2. The molecule has 0 radical (unpaired) electrons. The van der Waals surface area contributed by atoms with Crippen LogP contribution in [0.1, 0.15) is 10.4 Å².